The number of hydrogen-bond donors (Lipinski definition) is 1. The Bertz CT molecular complexity index is 440. The molecule has 0 aliphatic rings. The van der Waals surface area contributed by atoms with E-state index in [1.165, 1.54) is 17.0 Å². The Labute approximate surface area is 99.6 Å². The van der Waals surface area contributed by atoms with Gasteiger partial charge in [-0.15, -0.1) is 0 Å². The largest absolute Gasteiger partial charge is 0.508 e. The first-order valence-electron chi connectivity index (χ1n) is 5.08. The number of carbonyl (C=O) groups excluding carboxylic acids is 2. The van der Waals surface area contributed by atoms with Gasteiger partial charge in [0.1, 0.15) is 5.75 Å². The van der Waals surface area contributed by atoms with E-state index in [9.17, 15) is 14.7 Å². The molecule has 1 rings (SSSR count). The normalized spacial score (nSPS) is 9.82. The topological polar surface area (TPSA) is 66.8 Å². The molecule has 0 saturated heterocycles. The fraction of sp³-hybridized carbons (Fsp3) is 0.333. The van der Waals surface area contributed by atoms with Gasteiger partial charge in [0, 0.05) is 14.1 Å². The van der Waals surface area contributed by atoms with Gasteiger partial charge in [-0.3, -0.25) is 4.79 Å². The molecule has 5 heteroatoms. The second kappa shape index (κ2) is 5.34. The first-order chi connectivity index (χ1) is 7.91. The van der Waals surface area contributed by atoms with E-state index in [1.54, 1.807) is 27.1 Å². The van der Waals surface area contributed by atoms with E-state index < -0.39 is 5.97 Å². The van der Waals surface area contributed by atoms with Gasteiger partial charge in [0.05, 0.1) is 5.56 Å². The van der Waals surface area contributed by atoms with Crippen LogP contribution in [-0.2, 0) is 9.53 Å². The van der Waals surface area contributed by atoms with Gasteiger partial charge in [0.2, 0.25) is 0 Å². The van der Waals surface area contributed by atoms with Crippen LogP contribution in [0.15, 0.2) is 18.2 Å². The smallest absolute Gasteiger partial charge is 0.338 e. The predicted octanol–water partition coefficient (Wildman–Crippen LogP) is 0.946. The fourth-order valence-electron chi connectivity index (χ4n) is 1.08. The fourth-order valence-corrected chi connectivity index (χ4v) is 1.08. The number of phenolic OH excluding ortho intramolecular Hbond substituents is 1. The molecule has 0 unspecified atom stereocenters. The Kier molecular flexibility index (Phi) is 4.09. The lowest BCUT2D eigenvalue weighted by Gasteiger charge is -2.10. The van der Waals surface area contributed by atoms with Crippen LogP contribution in [0.1, 0.15) is 15.9 Å². The van der Waals surface area contributed by atoms with E-state index in [0.29, 0.717) is 5.56 Å². The third-order valence-corrected chi connectivity index (χ3v) is 2.27. The highest BCUT2D eigenvalue weighted by molar-refractivity contribution is 5.91. The molecule has 1 aromatic rings. The van der Waals surface area contributed by atoms with Crippen molar-refractivity contribution in [1.29, 1.82) is 0 Å². The monoisotopic (exact) mass is 237 g/mol. The summed E-state index contributed by atoms with van der Waals surface area (Å²) in [6.07, 6.45) is 0. The zero-order chi connectivity index (χ0) is 13.0. The van der Waals surface area contributed by atoms with Gasteiger partial charge in [0.15, 0.2) is 6.61 Å². The molecule has 17 heavy (non-hydrogen) atoms. The van der Waals surface area contributed by atoms with Crippen LogP contribution >= 0.6 is 0 Å². The highest BCUT2D eigenvalue weighted by Crippen LogP contribution is 2.17. The van der Waals surface area contributed by atoms with Crippen LogP contribution < -0.4 is 0 Å². The van der Waals surface area contributed by atoms with E-state index in [4.69, 9.17) is 4.74 Å². The molecule has 0 aliphatic carbocycles. The van der Waals surface area contributed by atoms with E-state index in [0.717, 1.165) is 0 Å². The SMILES string of the molecule is Cc1ccc(C(=O)OCC(=O)N(C)C)cc1O. The van der Waals surface area contributed by atoms with Crippen LogP contribution in [-0.4, -0.2) is 42.6 Å². The van der Waals surface area contributed by atoms with Crippen molar-refractivity contribution < 1.29 is 19.4 Å². The van der Waals surface area contributed by atoms with Gasteiger partial charge >= 0.3 is 5.97 Å². The summed E-state index contributed by atoms with van der Waals surface area (Å²) in [5, 5.41) is 9.43. The average Bonchev–Trinajstić information content (AvgIpc) is 2.28. The third kappa shape index (κ3) is 3.48. The molecule has 0 bridgehead atoms. The van der Waals surface area contributed by atoms with E-state index in [1.807, 2.05) is 0 Å². The highest BCUT2D eigenvalue weighted by Gasteiger charge is 2.12. The number of rotatable bonds is 3. The molecule has 5 nitrogen and oxygen atoms in total. The van der Waals surface area contributed by atoms with Crippen LogP contribution in [0.4, 0.5) is 0 Å². The quantitative estimate of drug-likeness (QED) is 0.795. The summed E-state index contributed by atoms with van der Waals surface area (Å²) in [5.74, 6) is -0.899. The Balaban J connectivity index is 2.64. The Hall–Kier alpha value is -2.04. The van der Waals surface area contributed by atoms with Gasteiger partial charge in [-0.25, -0.2) is 4.79 Å². The number of amides is 1. The van der Waals surface area contributed by atoms with Crippen molar-refractivity contribution in [2.75, 3.05) is 20.7 Å². The number of nitrogens with zero attached hydrogens (tertiary/aromatic N) is 1. The minimum Gasteiger partial charge on any atom is -0.508 e. The lowest BCUT2D eigenvalue weighted by atomic mass is 10.1. The molecule has 1 N–H and O–H groups in total. The van der Waals surface area contributed by atoms with Crippen molar-refractivity contribution in [1.82, 2.24) is 4.90 Å². The predicted molar refractivity (Wildman–Crippen MR) is 61.8 cm³/mol. The summed E-state index contributed by atoms with van der Waals surface area (Å²) in [4.78, 5) is 24.1. The number of likely N-dealkylation sites (N-methyl/N-ethyl adjacent to an activating group) is 1. The second-order valence-corrected chi connectivity index (χ2v) is 3.87. The molecule has 0 spiro atoms. The first-order valence-corrected chi connectivity index (χ1v) is 5.08. The van der Waals surface area contributed by atoms with Crippen LogP contribution in [0.2, 0.25) is 0 Å². The maximum Gasteiger partial charge on any atom is 0.338 e. The molecule has 1 amide bonds. The Morgan fingerprint density at radius 3 is 2.53 bits per heavy atom. The minimum atomic E-state index is -0.629. The van der Waals surface area contributed by atoms with Crippen molar-refractivity contribution in [2.45, 2.75) is 6.92 Å². The van der Waals surface area contributed by atoms with Crippen molar-refractivity contribution >= 4 is 11.9 Å². The molecular weight excluding hydrogens is 222 g/mol. The summed E-state index contributed by atoms with van der Waals surface area (Å²) < 4.78 is 4.80. The number of carbonyl (C=O) groups is 2. The van der Waals surface area contributed by atoms with Crippen LogP contribution in [0.25, 0.3) is 0 Å². The summed E-state index contributed by atoms with van der Waals surface area (Å²) in [6, 6.07) is 4.47. The summed E-state index contributed by atoms with van der Waals surface area (Å²) in [6.45, 7) is 1.42. The average molecular weight is 237 g/mol. The molecule has 92 valence electrons. The number of benzene rings is 1. The van der Waals surface area contributed by atoms with Crippen LogP contribution in [0.3, 0.4) is 0 Å². The van der Waals surface area contributed by atoms with Crippen molar-refractivity contribution in [2.24, 2.45) is 0 Å². The molecule has 0 heterocycles. The zero-order valence-electron chi connectivity index (χ0n) is 10.1. The number of hydrogen-bond acceptors (Lipinski definition) is 4. The Morgan fingerprint density at radius 2 is 2.00 bits per heavy atom. The zero-order valence-corrected chi connectivity index (χ0v) is 10.1. The van der Waals surface area contributed by atoms with Crippen LogP contribution in [0, 0.1) is 6.92 Å². The minimum absolute atomic E-state index is 0.0263. The number of aromatic hydroxyl groups is 1. The second-order valence-electron chi connectivity index (χ2n) is 3.87. The van der Waals surface area contributed by atoms with Crippen LogP contribution in [0.5, 0.6) is 5.75 Å². The number of ether oxygens (including phenoxy) is 1. The molecule has 0 saturated carbocycles. The summed E-state index contributed by atoms with van der Waals surface area (Å²) in [7, 11) is 3.15. The van der Waals surface area contributed by atoms with Gasteiger partial charge in [-0.05, 0) is 24.6 Å². The Morgan fingerprint density at radius 1 is 1.35 bits per heavy atom. The summed E-state index contributed by atoms with van der Waals surface area (Å²) in [5.41, 5.74) is 0.894. The first kappa shape index (κ1) is 13.0. The maximum absolute atomic E-state index is 11.5. The van der Waals surface area contributed by atoms with E-state index >= 15 is 0 Å². The molecule has 1 aromatic carbocycles. The van der Waals surface area contributed by atoms with Crippen molar-refractivity contribution in [3.05, 3.63) is 29.3 Å². The maximum atomic E-state index is 11.5. The summed E-state index contributed by atoms with van der Waals surface area (Å²) >= 11 is 0. The number of esters is 1. The van der Waals surface area contributed by atoms with Gasteiger partial charge in [-0.1, -0.05) is 6.07 Å². The van der Waals surface area contributed by atoms with Crippen molar-refractivity contribution in [3.8, 4) is 5.75 Å². The third-order valence-electron chi connectivity index (χ3n) is 2.27. The standard InChI is InChI=1S/C12H15NO4/c1-8-4-5-9(6-10(8)14)12(16)17-7-11(15)13(2)3/h4-6,14H,7H2,1-3H3. The molecule has 0 radical (unpaired) electrons. The lowest BCUT2D eigenvalue weighted by Crippen LogP contribution is -2.27. The number of aryl methyl sites for hydroxylation is 1. The molecule has 0 fully saturated rings. The molecule has 0 aromatic heterocycles. The molecule has 0 aliphatic heterocycles. The van der Waals surface area contributed by atoms with E-state index in [2.05, 4.69) is 0 Å². The van der Waals surface area contributed by atoms with Gasteiger partial charge < -0.3 is 14.7 Å². The van der Waals surface area contributed by atoms with Gasteiger partial charge in [-0.2, -0.15) is 0 Å². The lowest BCUT2D eigenvalue weighted by molar-refractivity contribution is -0.131. The molecular formula is C12H15NO4. The van der Waals surface area contributed by atoms with Gasteiger partial charge in [0.25, 0.3) is 5.91 Å². The van der Waals surface area contributed by atoms with E-state index in [-0.39, 0.29) is 23.8 Å². The molecule has 0 atom stereocenters. The highest BCUT2D eigenvalue weighted by atomic mass is 16.5. The number of phenols is 1. The van der Waals surface area contributed by atoms with Crippen molar-refractivity contribution in [3.63, 3.8) is 0 Å².